The Bertz CT molecular complexity index is 529. The Labute approximate surface area is 143 Å². The van der Waals surface area contributed by atoms with Gasteiger partial charge < -0.3 is 14.2 Å². The van der Waals surface area contributed by atoms with Crippen molar-refractivity contribution in [1.29, 1.82) is 0 Å². The monoisotopic (exact) mass is 335 g/mol. The molecule has 1 aromatic heterocycles. The molecule has 2 aliphatic rings. The van der Waals surface area contributed by atoms with Crippen LogP contribution in [0.1, 0.15) is 75.9 Å². The number of likely N-dealkylation sites (tertiary alicyclic amines) is 1. The van der Waals surface area contributed by atoms with Crippen LogP contribution in [0.15, 0.2) is 4.52 Å². The minimum atomic E-state index is -0.336. The van der Waals surface area contributed by atoms with Crippen LogP contribution in [0.2, 0.25) is 0 Å². The van der Waals surface area contributed by atoms with Crippen molar-refractivity contribution in [3.8, 4) is 0 Å². The first-order chi connectivity index (χ1) is 11.6. The van der Waals surface area contributed by atoms with E-state index in [4.69, 9.17) is 9.26 Å². The van der Waals surface area contributed by atoms with Crippen LogP contribution in [-0.2, 0) is 9.53 Å². The Hall–Kier alpha value is -1.43. The Morgan fingerprint density at radius 2 is 1.83 bits per heavy atom. The molecule has 24 heavy (non-hydrogen) atoms. The number of amides is 1. The second-order valence-corrected chi connectivity index (χ2v) is 7.16. The van der Waals surface area contributed by atoms with Crippen LogP contribution in [0.3, 0.4) is 0 Å². The zero-order valence-corrected chi connectivity index (χ0v) is 14.9. The van der Waals surface area contributed by atoms with Crippen molar-refractivity contribution in [2.45, 2.75) is 83.3 Å². The van der Waals surface area contributed by atoms with Crippen LogP contribution in [-0.4, -0.2) is 46.2 Å². The standard InChI is InChI=1S/C18H29N3O3/c1-13(23-16-7-5-3-4-6-8-16)18(22)21-11-9-15(10-12-21)17-19-14(2)24-20-17/h13,15-16H,3-12H2,1-2H3. The molecule has 0 bridgehead atoms. The molecule has 1 saturated carbocycles. The van der Waals surface area contributed by atoms with Gasteiger partial charge in [-0.3, -0.25) is 4.79 Å². The predicted octanol–water partition coefficient (Wildman–Crippen LogP) is 3.21. The van der Waals surface area contributed by atoms with Crippen molar-refractivity contribution in [1.82, 2.24) is 15.0 Å². The molecule has 6 heteroatoms. The second-order valence-electron chi connectivity index (χ2n) is 7.16. The lowest BCUT2D eigenvalue weighted by Gasteiger charge is -2.33. The largest absolute Gasteiger partial charge is 0.365 e. The zero-order valence-electron chi connectivity index (χ0n) is 14.9. The van der Waals surface area contributed by atoms with Crippen molar-refractivity contribution >= 4 is 5.91 Å². The maximum Gasteiger partial charge on any atom is 0.251 e. The molecular formula is C18H29N3O3. The molecule has 1 aliphatic heterocycles. The van der Waals surface area contributed by atoms with E-state index in [0.717, 1.165) is 44.6 Å². The van der Waals surface area contributed by atoms with Gasteiger partial charge >= 0.3 is 0 Å². The molecule has 1 amide bonds. The summed E-state index contributed by atoms with van der Waals surface area (Å²) in [6, 6.07) is 0. The molecule has 2 heterocycles. The summed E-state index contributed by atoms with van der Waals surface area (Å²) in [7, 11) is 0. The molecule has 2 fully saturated rings. The zero-order chi connectivity index (χ0) is 16.9. The number of hydrogen-bond donors (Lipinski definition) is 0. The molecule has 1 aromatic rings. The number of piperidine rings is 1. The number of nitrogens with zero attached hydrogens (tertiary/aromatic N) is 3. The molecule has 0 aromatic carbocycles. The summed E-state index contributed by atoms with van der Waals surface area (Å²) in [5.74, 6) is 1.81. The fraction of sp³-hybridized carbons (Fsp3) is 0.833. The minimum absolute atomic E-state index is 0.127. The van der Waals surface area contributed by atoms with Crippen LogP contribution < -0.4 is 0 Å². The molecular weight excluding hydrogens is 306 g/mol. The Balaban J connectivity index is 1.47. The van der Waals surface area contributed by atoms with Gasteiger partial charge in [0.1, 0.15) is 6.10 Å². The topological polar surface area (TPSA) is 68.5 Å². The van der Waals surface area contributed by atoms with Crippen LogP contribution in [0.5, 0.6) is 0 Å². The van der Waals surface area contributed by atoms with Gasteiger partial charge in [0.15, 0.2) is 5.82 Å². The molecule has 0 N–H and O–H groups in total. The fourth-order valence-corrected chi connectivity index (χ4v) is 3.82. The normalized spacial score (nSPS) is 22.3. The van der Waals surface area contributed by atoms with Gasteiger partial charge in [-0.15, -0.1) is 0 Å². The lowest BCUT2D eigenvalue weighted by atomic mass is 9.96. The van der Waals surface area contributed by atoms with Crippen molar-refractivity contribution in [2.75, 3.05) is 13.1 Å². The number of hydrogen-bond acceptors (Lipinski definition) is 5. The van der Waals surface area contributed by atoms with Gasteiger partial charge in [-0.05, 0) is 32.6 Å². The number of rotatable bonds is 4. The first-order valence-corrected chi connectivity index (χ1v) is 9.38. The SMILES string of the molecule is Cc1nc(C2CCN(C(=O)C(C)OC3CCCCCC3)CC2)no1. The van der Waals surface area contributed by atoms with Gasteiger partial charge in [-0.25, -0.2) is 0 Å². The van der Waals surface area contributed by atoms with Gasteiger partial charge in [0, 0.05) is 25.9 Å². The van der Waals surface area contributed by atoms with Gasteiger partial charge in [0.25, 0.3) is 5.91 Å². The molecule has 1 aliphatic carbocycles. The molecule has 1 unspecified atom stereocenters. The molecule has 134 valence electrons. The van der Waals surface area contributed by atoms with E-state index in [-0.39, 0.29) is 18.1 Å². The van der Waals surface area contributed by atoms with Crippen LogP contribution in [0.25, 0.3) is 0 Å². The molecule has 3 rings (SSSR count). The summed E-state index contributed by atoms with van der Waals surface area (Å²) >= 11 is 0. The van der Waals surface area contributed by atoms with Gasteiger partial charge in [0.05, 0.1) is 6.10 Å². The number of ether oxygens (including phenoxy) is 1. The Kier molecular flexibility index (Phi) is 5.87. The highest BCUT2D eigenvalue weighted by Gasteiger charge is 2.30. The summed E-state index contributed by atoms with van der Waals surface area (Å²) in [5.41, 5.74) is 0. The summed E-state index contributed by atoms with van der Waals surface area (Å²) in [6.45, 7) is 5.20. The van der Waals surface area contributed by atoms with Crippen molar-refractivity contribution < 1.29 is 14.1 Å². The average Bonchev–Trinajstić information content (AvgIpc) is 2.87. The van der Waals surface area contributed by atoms with Crippen LogP contribution in [0.4, 0.5) is 0 Å². The van der Waals surface area contributed by atoms with Gasteiger partial charge in [0.2, 0.25) is 5.89 Å². The third kappa shape index (κ3) is 4.35. The maximum atomic E-state index is 12.7. The lowest BCUT2D eigenvalue weighted by Crippen LogP contribution is -2.44. The molecule has 6 nitrogen and oxygen atoms in total. The summed E-state index contributed by atoms with van der Waals surface area (Å²) in [6.07, 6.45) is 8.93. The summed E-state index contributed by atoms with van der Waals surface area (Å²) in [5, 5.41) is 4.02. The third-order valence-corrected chi connectivity index (χ3v) is 5.26. The Morgan fingerprint density at radius 1 is 1.17 bits per heavy atom. The summed E-state index contributed by atoms with van der Waals surface area (Å²) < 4.78 is 11.1. The first-order valence-electron chi connectivity index (χ1n) is 9.38. The Morgan fingerprint density at radius 3 is 2.42 bits per heavy atom. The first kappa shape index (κ1) is 17.4. The number of carbonyl (C=O) groups is 1. The van der Waals surface area contributed by atoms with E-state index in [2.05, 4.69) is 10.1 Å². The molecule has 1 atom stereocenters. The van der Waals surface area contributed by atoms with E-state index in [1.165, 1.54) is 25.7 Å². The maximum absolute atomic E-state index is 12.7. The second kappa shape index (κ2) is 8.10. The van der Waals surface area contributed by atoms with Gasteiger partial charge in [-0.1, -0.05) is 30.8 Å². The quantitative estimate of drug-likeness (QED) is 0.790. The molecule has 1 saturated heterocycles. The number of aryl methyl sites for hydroxylation is 1. The third-order valence-electron chi connectivity index (χ3n) is 5.26. The highest BCUT2D eigenvalue weighted by Crippen LogP contribution is 2.27. The summed E-state index contributed by atoms with van der Waals surface area (Å²) in [4.78, 5) is 18.9. The van der Waals surface area contributed by atoms with Gasteiger partial charge in [-0.2, -0.15) is 4.98 Å². The van der Waals surface area contributed by atoms with E-state index in [1.54, 1.807) is 0 Å². The highest BCUT2D eigenvalue weighted by atomic mass is 16.5. The predicted molar refractivity (Wildman–Crippen MR) is 89.6 cm³/mol. The fourth-order valence-electron chi connectivity index (χ4n) is 3.82. The number of carbonyl (C=O) groups excluding carboxylic acids is 1. The van der Waals surface area contributed by atoms with Crippen LogP contribution in [0, 0.1) is 6.92 Å². The van der Waals surface area contributed by atoms with E-state index < -0.39 is 0 Å². The smallest absolute Gasteiger partial charge is 0.251 e. The average molecular weight is 335 g/mol. The van der Waals surface area contributed by atoms with E-state index >= 15 is 0 Å². The number of aromatic nitrogens is 2. The lowest BCUT2D eigenvalue weighted by molar-refractivity contribution is -0.147. The van der Waals surface area contributed by atoms with Crippen molar-refractivity contribution in [3.63, 3.8) is 0 Å². The minimum Gasteiger partial charge on any atom is -0.365 e. The van der Waals surface area contributed by atoms with Crippen LogP contribution >= 0.6 is 0 Å². The van der Waals surface area contributed by atoms with E-state index in [0.29, 0.717) is 11.8 Å². The molecule has 0 spiro atoms. The highest BCUT2D eigenvalue weighted by molar-refractivity contribution is 5.80. The van der Waals surface area contributed by atoms with Crippen molar-refractivity contribution in [3.05, 3.63) is 11.7 Å². The van der Waals surface area contributed by atoms with E-state index in [9.17, 15) is 4.79 Å². The van der Waals surface area contributed by atoms with Crippen molar-refractivity contribution in [2.24, 2.45) is 0 Å². The van der Waals surface area contributed by atoms with E-state index in [1.807, 2.05) is 18.7 Å². The molecule has 0 radical (unpaired) electrons.